The van der Waals surface area contributed by atoms with Crippen molar-refractivity contribution in [3.63, 3.8) is 0 Å². The highest BCUT2D eigenvalue weighted by Crippen LogP contribution is 2.40. The summed E-state index contributed by atoms with van der Waals surface area (Å²) in [5, 5.41) is 0.802. The first-order chi connectivity index (χ1) is 17.1. The highest BCUT2D eigenvalue weighted by molar-refractivity contribution is 7.90. The summed E-state index contributed by atoms with van der Waals surface area (Å²) in [7, 11) is -3.79. The summed E-state index contributed by atoms with van der Waals surface area (Å²) >= 11 is 6.07. The first-order valence-electron chi connectivity index (χ1n) is 11.1. The van der Waals surface area contributed by atoms with Crippen LogP contribution < -0.4 is 10.6 Å². The number of rotatable bonds is 6. The van der Waals surface area contributed by atoms with Crippen molar-refractivity contribution in [2.45, 2.75) is 30.3 Å². The highest BCUT2D eigenvalue weighted by atomic mass is 35.5. The number of benzene rings is 1. The van der Waals surface area contributed by atoms with Gasteiger partial charge in [-0.2, -0.15) is 0 Å². The molecule has 0 unspecified atom stereocenters. The van der Waals surface area contributed by atoms with E-state index in [9.17, 15) is 17.6 Å². The zero-order valence-corrected chi connectivity index (χ0v) is 20.7. The number of hydrogen-bond acceptors (Lipinski definition) is 7. The van der Waals surface area contributed by atoms with E-state index in [-0.39, 0.29) is 34.6 Å². The van der Waals surface area contributed by atoms with Gasteiger partial charge >= 0.3 is 0 Å². The Morgan fingerprint density at radius 3 is 2.67 bits per heavy atom. The van der Waals surface area contributed by atoms with Gasteiger partial charge in [-0.25, -0.2) is 22.8 Å². The zero-order chi connectivity index (χ0) is 25.6. The van der Waals surface area contributed by atoms with Gasteiger partial charge in [-0.05, 0) is 48.7 Å². The van der Waals surface area contributed by atoms with Gasteiger partial charge in [-0.15, -0.1) is 0 Å². The minimum atomic E-state index is -3.79. The summed E-state index contributed by atoms with van der Waals surface area (Å²) in [6.07, 6.45) is 5.40. The lowest BCUT2D eigenvalue weighted by Gasteiger charge is -2.24. The predicted molar refractivity (Wildman–Crippen MR) is 135 cm³/mol. The number of halogens is 2. The predicted octanol–water partition coefficient (Wildman–Crippen LogP) is 4.53. The number of anilines is 2. The molecular weight excluding hydrogens is 505 g/mol. The van der Waals surface area contributed by atoms with Crippen molar-refractivity contribution in [3.8, 4) is 0 Å². The van der Waals surface area contributed by atoms with Crippen LogP contribution in [0, 0.1) is 5.82 Å². The Hall–Kier alpha value is -3.63. The molecule has 1 saturated carbocycles. The van der Waals surface area contributed by atoms with Gasteiger partial charge < -0.3 is 10.6 Å². The molecule has 0 radical (unpaired) electrons. The largest absolute Gasteiger partial charge is 0.382 e. The number of nitrogens with two attached hydrogens (primary N) is 1. The minimum Gasteiger partial charge on any atom is -0.382 e. The van der Waals surface area contributed by atoms with Gasteiger partial charge in [0.05, 0.1) is 34.0 Å². The van der Waals surface area contributed by atoms with Gasteiger partial charge in [0.2, 0.25) is 0 Å². The molecule has 1 aromatic carbocycles. The Morgan fingerprint density at radius 2 is 1.97 bits per heavy atom. The van der Waals surface area contributed by atoms with Crippen LogP contribution in [0.2, 0.25) is 5.02 Å². The Bertz CT molecular complexity index is 1630. The van der Waals surface area contributed by atoms with E-state index in [1.807, 2.05) is 0 Å². The van der Waals surface area contributed by atoms with Crippen molar-refractivity contribution in [1.29, 1.82) is 0 Å². The van der Waals surface area contributed by atoms with Crippen LogP contribution in [0.5, 0.6) is 0 Å². The number of fused-ring (bicyclic) bond motifs is 1. The average Bonchev–Trinajstić information content (AvgIpc) is 3.68. The number of carbonyl (C=O) groups excluding carboxylic acids is 1. The van der Waals surface area contributed by atoms with Crippen LogP contribution in [-0.4, -0.2) is 35.5 Å². The van der Waals surface area contributed by atoms with Crippen LogP contribution in [0.1, 0.15) is 40.4 Å². The molecule has 2 N–H and O–H groups in total. The number of nitrogen functional groups attached to an aromatic ring is 1. The molecule has 0 bridgehead atoms. The lowest BCUT2D eigenvalue weighted by atomic mass is 10.1. The highest BCUT2D eigenvalue weighted by Gasteiger charge is 2.30. The molecule has 5 rings (SSSR count). The van der Waals surface area contributed by atoms with E-state index >= 15 is 0 Å². The fraction of sp³-hybridized carbons (Fsp3) is 0.200. The van der Waals surface area contributed by atoms with E-state index in [0.717, 1.165) is 30.6 Å². The second kappa shape index (κ2) is 9.11. The van der Waals surface area contributed by atoms with Gasteiger partial charge in [0.25, 0.3) is 5.91 Å². The van der Waals surface area contributed by atoms with E-state index < -0.39 is 21.6 Å². The molecule has 0 spiro atoms. The van der Waals surface area contributed by atoms with E-state index in [2.05, 4.69) is 15.0 Å². The summed E-state index contributed by atoms with van der Waals surface area (Å²) in [4.78, 5) is 27.4. The molecule has 36 heavy (non-hydrogen) atoms. The molecule has 8 nitrogen and oxygen atoms in total. The van der Waals surface area contributed by atoms with E-state index in [1.54, 1.807) is 24.3 Å². The maximum atomic E-state index is 14.7. The quantitative estimate of drug-likeness (QED) is 0.393. The van der Waals surface area contributed by atoms with Crippen molar-refractivity contribution in [1.82, 2.24) is 15.0 Å². The first-order valence-corrected chi connectivity index (χ1v) is 13.4. The number of aromatic nitrogens is 3. The fourth-order valence-electron chi connectivity index (χ4n) is 4.00. The number of amides is 1. The van der Waals surface area contributed by atoms with Crippen LogP contribution in [0.3, 0.4) is 0 Å². The molecule has 0 aliphatic heterocycles. The van der Waals surface area contributed by atoms with Gasteiger partial charge in [-0.3, -0.25) is 9.78 Å². The second-order valence-electron chi connectivity index (χ2n) is 8.74. The number of nitrogens with zero attached hydrogens (tertiary/aromatic N) is 4. The molecule has 4 aromatic rings. The minimum absolute atomic E-state index is 0.00450. The maximum absolute atomic E-state index is 14.7. The molecule has 1 amide bonds. The van der Waals surface area contributed by atoms with Gasteiger partial charge in [-0.1, -0.05) is 23.7 Å². The number of pyridine rings is 3. The van der Waals surface area contributed by atoms with Crippen molar-refractivity contribution < 1.29 is 17.6 Å². The third-order valence-electron chi connectivity index (χ3n) is 5.92. The zero-order valence-electron chi connectivity index (χ0n) is 19.1. The molecule has 0 atom stereocenters. The lowest BCUT2D eigenvalue weighted by molar-refractivity contribution is 0.0983. The standard InChI is InChI=1S/C25H21ClFN5O3S/c1-36(34,35)24-21(3-2-8-29-24)32(25(33)17-11-19(27)22(30-12-17)15-6-7-15)13-14-4-5-16-10-18(26)23(28)31-20(16)9-14/h2-5,8-12,15H,6-7,13H2,1H3,(H2,28,31). The molecule has 11 heteroatoms. The molecule has 1 fully saturated rings. The van der Waals surface area contributed by atoms with Crippen LogP contribution in [0.25, 0.3) is 10.9 Å². The summed E-state index contributed by atoms with van der Waals surface area (Å²) in [6, 6.07) is 11.1. The van der Waals surface area contributed by atoms with Crippen LogP contribution >= 0.6 is 11.6 Å². The lowest BCUT2D eigenvalue weighted by Crippen LogP contribution is -2.32. The third kappa shape index (κ3) is 4.74. The number of carbonyl (C=O) groups is 1. The van der Waals surface area contributed by atoms with Crippen LogP contribution in [0.15, 0.2) is 59.9 Å². The van der Waals surface area contributed by atoms with Crippen molar-refractivity contribution in [2.75, 3.05) is 16.9 Å². The Labute approximate surface area is 211 Å². The van der Waals surface area contributed by atoms with Crippen molar-refractivity contribution in [2.24, 2.45) is 0 Å². The molecule has 3 aromatic heterocycles. The van der Waals surface area contributed by atoms with E-state index in [0.29, 0.717) is 21.8 Å². The van der Waals surface area contributed by atoms with Crippen molar-refractivity contribution in [3.05, 3.63) is 82.5 Å². The van der Waals surface area contributed by atoms with E-state index in [4.69, 9.17) is 17.3 Å². The van der Waals surface area contributed by atoms with Gasteiger partial charge in [0.1, 0.15) is 11.6 Å². The third-order valence-corrected chi connectivity index (χ3v) is 7.24. The average molecular weight is 526 g/mol. The Morgan fingerprint density at radius 1 is 1.19 bits per heavy atom. The normalized spacial score (nSPS) is 13.6. The maximum Gasteiger partial charge on any atom is 0.260 e. The Balaban J connectivity index is 1.60. The first kappa shape index (κ1) is 24.1. The molecular formula is C25H21ClFN5O3S. The molecule has 0 saturated heterocycles. The van der Waals surface area contributed by atoms with Gasteiger partial charge in [0.15, 0.2) is 14.9 Å². The smallest absolute Gasteiger partial charge is 0.260 e. The van der Waals surface area contributed by atoms with Crippen LogP contribution in [0.4, 0.5) is 15.9 Å². The number of sulfone groups is 1. The molecule has 1 aliphatic carbocycles. The topological polar surface area (TPSA) is 119 Å². The summed E-state index contributed by atoms with van der Waals surface area (Å²) in [5.41, 5.74) is 7.44. The fourth-order valence-corrected chi connectivity index (χ4v) is 4.97. The monoisotopic (exact) mass is 525 g/mol. The molecule has 1 aliphatic rings. The van der Waals surface area contributed by atoms with E-state index in [1.165, 1.54) is 29.4 Å². The summed E-state index contributed by atoms with van der Waals surface area (Å²) in [6.45, 7) is -0.0425. The SMILES string of the molecule is CS(=O)(=O)c1ncccc1N(Cc1ccc2cc(Cl)c(N)nc2c1)C(=O)c1cnc(C2CC2)c(F)c1. The van der Waals surface area contributed by atoms with Crippen LogP contribution in [-0.2, 0) is 16.4 Å². The Kier molecular flexibility index (Phi) is 6.09. The molecule has 3 heterocycles. The summed E-state index contributed by atoms with van der Waals surface area (Å²) < 4.78 is 39.7. The van der Waals surface area contributed by atoms with Gasteiger partial charge in [0, 0.05) is 30.0 Å². The van der Waals surface area contributed by atoms with Crippen molar-refractivity contribution >= 4 is 49.8 Å². The molecule has 184 valence electrons. The number of hydrogen-bond donors (Lipinski definition) is 1. The summed E-state index contributed by atoms with van der Waals surface area (Å²) in [5.74, 6) is -0.935. The second-order valence-corrected chi connectivity index (χ2v) is 11.1.